The van der Waals surface area contributed by atoms with Crippen molar-refractivity contribution in [3.05, 3.63) is 41.7 Å². The van der Waals surface area contributed by atoms with Crippen molar-refractivity contribution >= 4 is 17.5 Å². The Bertz CT molecular complexity index is 612. The highest BCUT2D eigenvalue weighted by Gasteiger charge is 2.08. The maximum atomic E-state index is 11.1. The number of hydrogen-bond acceptors (Lipinski definition) is 5. The Balaban J connectivity index is 2.27. The summed E-state index contributed by atoms with van der Waals surface area (Å²) in [6.07, 6.45) is 2.26. The summed E-state index contributed by atoms with van der Waals surface area (Å²) in [5, 5.41) is 12.1. The van der Waals surface area contributed by atoms with E-state index in [2.05, 4.69) is 15.3 Å². The second-order valence-electron chi connectivity index (χ2n) is 4.11. The third kappa shape index (κ3) is 3.23. The fourth-order valence-corrected chi connectivity index (χ4v) is 1.68. The molecule has 6 heteroatoms. The lowest BCUT2D eigenvalue weighted by atomic mass is 10.2. The summed E-state index contributed by atoms with van der Waals surface area (Å²) in [7, 11) is 1.54. The first kappa shape index (κ1) is 13.8. The van der Waals surface area contributed by atoms with Crippen LogP contribution in [0.4, 0.5) is 11.5 Å². The van der Waals surface area contributed by atoms with Crippen LogP contribution < -0.4 is 10.1 Å². The number of nitrogens with one attached hydrogen (secondary N) is 1. The van der Waals surface area contributed by atoms with Gasteiger partial charge in [0.05, 0.1) is 24.6 Å². The molecule has 0 bridgehead atoms. The summed E-state index contributed by atoms with van der Waals surface area (Å²) in [4.78, 5) is 19.5. The first-order valence-corrected chi connectivity index (χ1v) is 6.13. The van der Waals surface area contributed by atoms with Crippen LogP contribution >= 0.6 is 0 Å². The van der Waals surface area contributed by atoms with Crippen molar-refractivity contribution in [3.63, 3.8) is 0 Å². The molecular formula is C14H15N3O3. The standard InChI is InChI=1S/C14H15N3O3/c1-3-10-6-9(14(18)19)7-12(16-10)17-11-4-5-13(20-2)15-8-11/h4-8H,3H2,1-2H3,(H,16,17)(H,18,19). The molecule has 0 saturated carbocycles. The van der Waals surface area contributed by atoms with Crippen LogP contribution in [0.25, 0.3) is 0 Å². The molecule has 2 aromatic heterocycles. The second-order valence-corrected chi connectivity index (χ2v) is 4.11. The van der Waals surface area contributed by atoms with Crippen LogP contribution in [0.5, 0.6) is 5.88 Å². The number of pyridine rings is 2. The van der Waals surface area contributed by atoms with Gasteiger partial charge in [0.15, 0.2) is 0 Å². The molecule has 0 atom stereocenters. The Kier molecular flexibility index (Phi) is 4.14. The number of nitrogens with zero attached hydrogens (tertiary/aromatic N) is 2. The highest BCUT2D eigenvalue weighted by atomic mass is 16.5. The molecule has 0 aliphatic heterocycles. The predicted octanol–water partition coefficient (Wildman–Crippen LogP) is 2.49. The number of methoxy groups -OCH3 is 1. The normalized spacial score (nSPS) is 10.1. The minimum atomic E-state index is -0.974. The fourth-order valence-electron chi connectivity index (χ4n) is 1.68. The number of hydrogen-bond donors (Lipinski definition) is 2. The molecule has 0 unspecified atom stereocenters. The summed E-state index contributed by atoms with van der Waals surface area (Å²) in [6.45, 7) is 1.92. The van der Waals surface area contributed by atoms with Gasteiger partial charge in [-0.15, -0.1) is 0 Å². The van der Waals surface area contributed by atoms with E-state index >= 15 is 0 Å². The minimum Gasteiger partial charge on any atom is -0.481 e. The van der Waals surface area contributed by atoms with E-state index in [1.54, 1.807) is 31.5 Å². The van der Waals surface area contributed by atoms with Gasteiger partial charge in [-0.25, -0.2) is 14.8 Å². The number of ether oxygens (including phenoxy) is 1. The molecule has 104 valence electrons. The quantitative estimate of drug-likeness (QED) is 0.870. The van der Waals surface area contributed by atoms with Crippen LogP contribution in [-0.4, -0.2) is 28.2 Å². The van der Waals surface area contributed by atoms with Gasteiger partial charge in [0.1, 0.15) is 5.82 Å². The van der Waals surface area contributed by atoms with Crippen LogP contribution in [0.1, 0.15) is 23.0 Å². The molecule has 0 aliphatic rings. The highest BCUT2D eigenvalue weighted by molar-refractivity contribution is 5.88. The van der Waals surface area contributed by atoms with Gasteiger partial charge in [-0.3, -0.25) is 0 Å². The number of carboxylic acid groups (broad SMARTS) is 1. The van der Waals surface area contributed by atoms with Gasteiger partial charge in [0.25, 0.3) is 0 Å². The molecule has 0 amide bonds. The van der Waals surface area contributed by atoms with Crippen molar-refractivity contribution in [2.24, 2.45) is 0 Å². The van der Waals surface area contributed by atoms with E-state index in [9.17, 15) is 4.79 Å². The molecule has 2 aromatic rings. The molecular weight excluding hydrogens is 258 g/mol. The van der Waals surface area contributed by atoms with Crippen LogP contribution in [0.15, 0.2) is 30.5 Å². The second kappa shape index (κ2) is 6.01. The summed E-state index contributed by atoms with van der Waals surface area (Å²) in [6, 6.07) is 6.56. The highest BCUT2D eigenvalue weighted by Crippen LogP contribution is 2.18. The molecule has 20 heavy (non-hydrogen) atoms. The third-order valence-electron chi connectivity index (χ3n) is 2.71. The van der Waals surface area contributed by atoms with Gasteiger partial charge in [-0.2, -0.15) is 0 Å². The van der Waals surface area contributed by atoms with Gasteiger partial charge in [0, 0.05) is 11.8 Å². The number of aromatic nitrogens is 2. The van der Waals surface area contributed by atoms with Crippen LogP contribution in [0.3, 0.4) is 0 Å². The molecule has 2 heterocycles. The zero-order valence-corrected chi connectivity index (χ0v) is 11.3. The fraction of sp³-hybridized carbons (Fsp3) is 0.214. The Labute approximate surface area is 116 Å². The average Bonchev–Trinajstić information content (AvgIpc) is 2.47. The molecule has 6 nitrogen and oxygen atoms in total. The molecule has 0 radical (unpaired) electrons. The number of carboxylic acids is 1. The van der Waals surface area contributed by atoms with Crippen LogP contribution in [-0.2, 0) is 6.42 Å². The Morgan fingerprint density at radius 3 is 2.75 bits per heavy atom. The average molecular weight is 273 g/mol. The predicted molar refractivity (Wildman–Crippen MR) is 74.6 cm³/mol. The summed E-state index contributed by atoms with van der Waals surface area (Å²) < 4.78 is 4.97. The van der Waals surface area contributed by atoms with Crippen molar-refractivity contribution in [3.8, 4) is 5.88 Å². The largest absolute Gasteiger partial charge is 0.481 e. The summed E-state index contributed by atoms with van der Waals surface area (Å²) >= 11 is 0. The topological polar surface area (TPSA) is 84.3 Å². The molecule has 2 rings (SSSR count). The number of aryl methyl sites for hydroxylation is 1. The van der Waals surface area contributed by atoms with Gasteiger partial charge in [0.2, 0.25) is 5.88 Å². The van der Waals surface area contributed by atoms with Crippen LogP contribution in [0.2, 0.25) is 0 Å². The van der Waals surface area contributed by atoms with E-state index in [4.69, 9.17) is 9.84 Å². The van der Waals surface area contributed by atoms with Crippen molar-refractivity contribution in [1.82, 2.24) is 9.97 Å². The van der Waals surface area contributed by atoms with E-state index in [0.29, 0.717) is 29.5 Å². The summed E-state index contributed by atoms with van der Waals surface area (Å²) in [5.74, 6) is 0.0174. The minimum absolute atomic E-state index is 0.209. The maximum absolute atomic E-state index is 11.1. The third-order valence-corrected chi connectivity index (χ3v) is 2.71. The smallest absolute Gasteiger partial charge is 0.335 e. The maximum Gasteiger partial charge on any atom is 0.335 e. The molecule has 0 fully saturated rings. The van der Waals surface area contributed by atoms with Crippen molar-refractivity contribution < 1.29 is 14.6 Å². The SMILES string of the molecule is CCc1cc(C(=O)O)cc(Nc2ccc(OC)nc2)n1. The lowest BCUT2D eigenvalue weighted by molar-refractivity contribution is 0.0696. The van der Waals surface area contributed by atoms with E-state index in [0.717, 1.165) is 0 Å². The van der Waals surface area contributed by atoms with Gasteiger partial charge in [-0.1, -0.05) is 6.92 Å². The molecule has 0 saturated heterocycles. The Morgan fingerprint density at radius 2 is 2.20 bits per heavy atom. The molecule has 0 aromatic carbocycles. The van der Waals surface area contributed by atoms with Gasteiger partial charge >= 0.3 is 5.97 Å². The van der Waals surface area contributed by atoms with E-state index < -0.39 is 5.97 Å². The van der Waals surface area contributed by atoms with Gasteiger partial charge < -0.3 is 15.2 Å². The number of carbonyl (C=O) groups is 1. The lowest BCUT2D eigenvalue weighted by Gasteiger charge is -2.08. The van der Waals surface area contributed by atoms with Crippen LogP contribution in [0, 0.1) is 0 Å². The van der Waals surface area contributed by atoms with Crippen molar-refractivity contribution in [2.45, 2.75) is 13.3 Å². The van der Waals surface area contributed by atoms with Crippen molar-refractivity contribution in [2.75, 3.05) is 12.4 Å². The Hall–Kier alpha value is -2.63. The lowest BCUT2D eigenvalue weighted by Crippen LogP contribution is -2.03. The summed E-state index contributed by atoms with van der Waals surface area (Å²) in [5.41, 5.74) is 1.64. The van der Waals surface area contributed by atoms with Gasteiger partial charge in [-0.05, 0) is 24.6 Å². The Morgan fingerprint density at radius 1 is 1.40 bits per heavy atom. The number of anilines is 2. The van der Waals surface area contributed by atoms with Crippen molar-refractivity contribution in [1.29, 1.82) is 0 Å². The van der Waals surface area contributed by atoms with E-state index in [1.165, 1.54) is 6.07 Å². The molecule has 0 spiro atoms. The molecule has 0 aliphatic carbocycles. The van der Waals surface area contributed by atoms with E-state index in [-0.39, 0.29) is 5.56 Å². The first-order chi connectivity index (χ1) is 9.62. The first-order valence-electron chi connectivity index (χ1n) is 6.13. The molecule has 2 N–H and O–H groups in total. The zero-order valence-electron chi connectivity index (χ0n) is 11.3. The monoisotopic (exact) mass is 273 g/mol. The van der Waals surface area contributed by atoms with E-state index in [1.807, 2.05) is 6.92 Å². The zero-order chi connectivity index (χ0) is 14.5. The number of rotatable bonds is 5. The number of aromatic carboxylic acids is 1.